The van der Waals surface area contributed by atoms with E-state index in [2.05, 4.69) is 36.1 Å². The lowest BCUT2D eigenvalue weighted by Crippen LogP contribution is -2.30. The van der Waals surface area contributed by atoms with Crippen molar-refractivity contribution in [1.29, 1.82) is 0 Å². The maximum Gasteiger partial charge on any atom is 0.222 e. The van der Waals surface area contributed by atoms with Crippen LogP contribution in [-0.4, -0.2) is 23.9 Å². The van der Waals surface area contributed by atoms with Gasteiger partial charge in [0.15, 0.2) is 0 Å². The number of rotatable bonds is 4. The van der Waals surface area contributed by atoms with E-state index in [1.54, 1.807) is 0 Å². The zero-order valence-electron chi connectivity index (χ0n) is 13.1. The SMILES string of the molecule is C[C@H](CC(=O)N1C[C@H]2CCCC[C@H]2C1)Cc1ccccc1. The highest BCUT2D eigenvalue weighted by Gasteiger charge is 2.36. The Labute approximate surface area is 128 Å². The fourth-order valence-corrected chi connectivity index (χ4v) is 4.13. The highest BCUT2D eigenvalue weighted by atomic mass is 16.2. The van der Waals surface area contributed by atoms with Gasteiger partial charge < -0.3 is 4.90 Å². The van der Waals surface area contributed by atoms with E-state index in [1.807, 2.05) is 6.07 Å². The Bertz CT molecular complexity index is 456. The third-order valence-corrected chi connectivity index (χ3v) is 5.28. The summed E-state index contributed by atoms with van der Waals surface area (Å²) < 4.78 is 0. The Morgan fingerprint density at radius 3 is 2.38 bits per heavy atom. The zero-order valence-corrected chi connectivity index (χ0v) is 13.1. The molecule has 3 rings (SSSR count). The van der Waals surface area contributed by atoms with Crippen molar-refractivity contribution in [1.82, 2.24) is 4.90 Å². The molecule has 2 aliphatic rings. The number of benzene rings is 1. The fourth-order valence-electron chi connectivity index (χ4n) is 4.13. The lowest BCUT2D eigenvalue weighted by Gasteiger charge is -2.22. The molecule has 2 fully saturated rings. The van der Waals surface area contributed by atoms with Crippen molar-refractivity contribution in [3.05, 3.63) is 35.9 Å². The van der Waals surface area contributed by atoms with E-state index in [0.717, 1.165) is 31.3 Å². The van der Waals surface area contributed by atoms with Crippen LogP contribution in [0.5, 0.6) is 0 Å². The summed E-state index contributed by atoms with van der Waals surface area (Å²) in [6, 6.07) is 10.5. The van der Waals surface area contributed by atoms with Crippen LogP contribution in [0.3, 0.4) is 0 Å². The van der Waals surface area contributed by atoms with Crippen LogP contribution in [-0.2, 0) is 11.2 Å². The Morgan fingerprint density at radius 2 is 1.76 bits per heavy atom. The first-order valence-electron chi connectivity index (χ1n) is 8.54. The second-order valence-electron chi connectivity index (χ2n) is 7.10. The molecular formula is C19H27NO. The van der Waals surface area contributed by atoms with Crippen LogP contribution in [0.1, 0.15) is 44.6 Å². The Kier molecular flexibility index (Phi) is 4.62. The van der Waals surface area contributed by atoms with Crippen molar-refractivity contribution in [2.24, 2.45) is 17.8 Å². The van der Waals surface area contributed by atoms with E-state index < -0.39 is 0 Å². The van der Waals surface area contributed by atoms with Gasteiger partial charge in [-0.2, -0.15) is 0 Å². The van der Waals surface area contributed by atoms with E-state index >= 15 is 0 Å². The number of nitrogens with zero attached hydrogens (tertiary/aromatic N) is 1. The van der Waals surface area contributed by atoms with Crippen LogP contribution in [0.4, 0.5) is 0 Å². The van der Waals surface area contributed by atoms with Gasteiger partial charge in [-0.15, -0.1) is 0 Å². The molecule has 1 saturated carbocycles. The summed E-state index contributed by atoms with van der Waals surface area (Å²) in [4.78, 5) is 14.7. The predicted molar refractivity (Wildman–Crippen MR) is 86.0 cm³/mol. The second-order valence-corrected chi connectivity index (χ2v) is 7.10. The standard InChI is InChI=1S/C19H27NO/c1-15(11-16-7-3-2-4-8-16)12-19(21)20-13-17-9-5-6-10-18(17)14-20/h2-4,7-8,15,17-18H,5-6,9-14H2,1H3/t15-,17-,18+/m0/s1. The van der Waals surface area contributed by atoms with Gasteiger partial charge in [-0.25, -0.2) is 0 Å². The van der Waals surface area contributed by atoms with E-state index in [9.17, 15) is 4.79 Å². The smallest absolute Gasteiger partial charge is 0.222 e. The van der Waals surface area contributed by atoms with Crippen molar-refractivity contribution >= 4 is 5.91 Å². The lowest BCUT2D eigenvalue weighted by atomic mass is 9.82. The third kappa shape index (κ3) is 3.66. The van der Waals surface area contributed by atoms with Crippen LogP contribution in [0.15, 0.2) is 30.3 Å². The molecule has 1 aliphatic carbocycles. The third-order valence-electron chi connectivity index (χ3n) is 5.28. The van der Waals surface area contributed by atoms with E-state index in [1.165, 1.54) is 31.2 Å². The van der Waals surface area contributed by atoms with Crippen molar-refractivity contribution < 1.29 is 4.79 Å². The predicted octanol–water partition coefficient (Wildman–Crippen LogP) is 3.90. The molecule has 1 amide bonds. The number of hydrogen-bond donors (Lipinski definition) is 0. The molecule has 21 heavy (non-hydrogen) atoms. The molecule has 1 saturated heterocycles. The molecule has 0 unspecified atom stereocenters. The first kappa shape index (κ1) is 14.6. The molecule has 2 nitrogen and oxygen atoms in total. The summed E-state index contributed by atoms with van der Waals surface area (Å²) in [6.07, 6.45) is 7.13. The van der Waals surface area contributed by atoms with Crippen LogP contribution < -0.4 is 0 Å². The molecule has 2 heteroatoms. The van der Waals surface area contributed by atoms with Crippen LogP contribution in [0, 0.1) is 17.8 Å². The van der Waals surface area contributed by atoms with Gasteiger partial charge in [0.2, 0.25) is 5.91 Å². The molecule has 0 aromatic heterocycles. The molecule has 114 valence electrons. The second kappa shape index (κ2) is 6.64. The van der Waals surface area contributed by atoms with Crippen LogP contribution in [0.2, 0.25) is 0 Å². The van der Waals surface area contributed by atoms with Crippen LogP contribution >= 0.6 is 0 Å². The largest absolute Gasteiger partial charge is 0.342 e. The highest BCUT2D eigenvalue weighted by molar-refractivity contribution is 5.76. The first-order valence-corrected chi connectivity index (χ1v) is 8.54. The fraction of sp³-hybridized carbons (Fsp3) is 0.632. The molecule has 0 spiro atoms. The van der Waals surface area contributed by atoms with Crippen molar-refractivity contribution in [3.8, 4) is 0 Å². The number of amides is 1. The molecule has 0 radical (unpaired) electrons. The topological polar surface area (TPSA) is 20.3 Å². The van der Waals surface area contributed by atoms with Crippen molar-refractivity contribution in [2.45, 2.75) is 45.4 Å². The minimum absolute atomic E-state index is 0.382. The first-order chi connectivity index (χ1) is 10.2. The van der Waals surface area contributed by atoms with Gasteiger partial charge >= 0.3 is 0 Å². The van der Waals surface area contributed by atoms with Crippen molar-refractivity contribution in [2.75, 3.05) is 13.1 Å². The molecule has 1 aliphatic heterocycles. The molecule has 0 N–H and O–H groups in total. The van der Waals surface area contributed by atoms with Crippen LogP contribution in [0.25, 0.3) is 0 Å². The summed E-state index contributed by atoms with van der Waals surface area (Å²) in [7, 11) is 0. The Morgan fingerprint density at radius 1 is 1.14 bits per heavy atom. The molecule has 1 aromatic rings. The van der Waals surface area contributed by atoms with E-state index in [4.69, 9.17) is 0 Å². The average Bonchev–Trinajstić information content (AvgIpc) is 2.92. The highest BCUT2D eigenvalue weighted by Crippen LogP contribution is 2.36. The summed E-state index contributed by atoms with van der Waals surface area (Å²) >= 11 is 0. The van der Waals surface area contributed by atoms with Gasteiger partial charge in [0.1, 0.15) is 0 Å². The Hall–Kier alpha value is -1.31. The Balaban J connectivity index is 1.50. The summed E-state index contributed by atoms with van der Waals surface area (Å²) in [5.74, 6) is 2.41. The summed E-state index contributed by atoms with van der Waals surface area (Å²) in [5.41, 5.74) is 1.34. The monoisotopic (exact) mass is 285 g/mol. The average molecular weight is 285 g/mol. The molecular weight excluding hydrogens is 258 g/mol. The van der Waals surface area contributed by atoms with Gasteiger partial charge in [0.25, 0.3) is 0 Å². The minimum Gasteiger partial charge on any atom is -0.342 e. The van der Waals surface area contributed by atoms with E-state index in [0.29, 0.717) is 18.2 Å². The van der Waals surface area contributed by atoms with E-state index in [-0.39, 0.29) is 0 Å². The minimum atomic E-state index is 0.382. The molecule has 1 aromatic carbocycles. The normalized spacial score (nSPS) is 26.4. The maximum absolute atomic E-state index is 12.5. The molecule has 3 atom stereocenters. The molecule has 1 heterocycles. The number of fused-ring (bicyclic) bond motifs is 1. The summed E-state index contributed by atoms with van der Waals surface area (Å²) in [6.45, 7) is 4.26. The van der Waals surface area contributed by atoms with Crippen molar-refractivity contribution in [3.63, 3.8) is 0 Å². The number of likely N-dealkylation sites (tertiary alicyclic amines) is 1. The number of carbonyl (C=O) groups is 1. The van der Waals surface area contributed by atoms with Gasteiger partial charge in [0, 0.05) is 19.5 Å². The number of carbonyl (C=O) groups excluding carboxylic acids is 1. The van der Waals surface area contributed by atoms with Gasteiger partial charge in [0.05, 0.1) is 0 Å². The maximum atomic E-state index is 12.5. The van der Waals surface area contributed by atoms with Gasteiger partial charge in [-0.3, -0.25) is 4.79 Å². The zero-order chi connectivity index (χ0) is 14.7. The van der Waals surface area contributed by atoms with Gasteiger partial charge in [-0.1, -0.05) is 50.1 Å². The molecule has 0 bridgehead atoms. The number of hydrogen-bond acceptors (Lipinski definition) is 1. The lowest BCUT2D eigenvalue weighted by molar-refractivity contribution is -0.131. The summed E-state index contributed by atoms with van der Waals surface area (Å²) in [5, 5.41) is 0. The quantitative estimate of drug-likeness (QED) is 0.821. The van der Waals surface area contributed by atoms with Gasteiger partial charge in [-0.05, 0) is 42.6 Å².